The molecule has 2 amide bonds. The smallest absolute Gasteiger partial charge is 0.319 e. The van der Waals surface area contributed by atoms with Crippen LogP contribution in [0.3, 0.4) is 0 Å². The average Bonchev–Trinajstić information content (AvgIpc) is 2.48. The fourth-order valence-corrected chi connectivity index (χ4v) is 2.10. The lowest BCUT2D eigenvalue weighted by Crippen LogP contribution is -2.31. The molecule has 5 heteroatoms. The van der Waals surface area contributed by atoms with Crippen molar-refractivity contribution >= 4 is 28.0 Å². The molecular weight excluding hydrogens is 335 g/mol. The van der Waals surface area contributed by atoms with Gasteiger partial charge in [-0.25, -0.2) is 9.18 Å². The molecule has 0 aliphatic carbocycles. The molecule has 3 nitrogen and oxygen atoms in total. The van der Waals surface area contributed by atoms with Crippen LogP contribution in [-0.4, -0.2) is 6.03 Å². The van der Waals surface area contributed by atoms with Gasteiger partial charge in [-0.2, -0.15) is 0 Å². The summed E-state index contributed by atoms with van der Waals surface area (Å²) in [6.07, 6.45) is 3.31. The molecule has 2 rings (SSSR count). The summed E-state index contributed by atoms with van der Waals surface area (Å²) in [6.45, 7) is 0.140. The van der Waals surface area contributed by atoms with E-state index >= 15 is 0 Å². The van der Waals surface area contributed by atoms with Crippen LogP contribution in [0.15, 0.2) is 59.2 Å². The summed E-state index contributed by atoms with van der Waals surface area (Å²) in [5, 5.41) is 5.16. The molecule has 21 heavy (non-hydrogen) atoms. The minimum atomic E-state index is -0.387. The van der Waals surface area contributed by atoms with Gasteiger partial charge in [0.15, 0.2) is 0 Å². The highest BCUT2D eigenvalue weighted by molar-refractivity contribution is 9.10. The molecule has 2 aromatic rings. The van der Waals surface area contributed by atoms with Crippen LogP contribution in [0.5, 0.6) is 0 Å². The zero-order valence-corrected chi connectivity index (χ0v) is 12.7. The number of halogens is 2. The number of carbonyl (C=O) groups excluding carboxylic acids is 1. The fraction of sp³-hybridized carbons (Fsp3) is 0.0625. The Bertz CT molecular complexity index is 658. The number of nitrogens with one attached hydrogen (secondary N) is 2. The largest absolute Gasteiger partial charge is 0.334 e. The van der Waals surface area contributed by atoms with Crippen LogP contribution in [0.2, 0.25) is 0 Å². The van der Waals surface area contributed by atoms with E-state index in [1.54, 1.807) is 24.3 Å². The summed E-state index contributed by atoms with van der Waals surface area (Å²) >= 11 is 3.41. The Morgan fingerprint density at radius 2 is 1.86 bits per heavy atom. The molecular formula is C16H14BrFN2O. The third kappa shape index (κ3) is 4.72. The molecule has 0 aliphatic rings. The highest BCUT2D eigenvalue weighted by Gasteiger charge is 2.02. The van der Waals surface area contributed by atoms with Gasteiger partial charge in [-0.15, -0.1) is 0 Å². The second kappa shape index (κ2) is 7.59. The van der Waals surface area contributed by atoms with E-state index in [1.807, 2.05) is 24.3 Å². The van der Waals surface area contributed by atoms with E-state index < -0.39 is 0 Å². The summed E-state index contributed by atoms with van der Waals surface area (Å²) in [5.74, 6) is -0.332. The van der Waals surface area contributed by atoms with Gasteiger partial charge in [-0.05, 0) is 23.8 Å². The monoisotopic (exact) mass is 348 g/mol. The lowest BCUT2D eigenvalue weighted by Gasteiger charge is -2.05. The second-order valence-electron chi connectivity index (χ2n) is 4.27. The summed E-state index contributed by atoms with van der Waals surface area (Å²) in [7, 11) is 0. The van der Waals surface area contributed by atoms with Gasteiger partial charge in [-0.1, -0.05) is 52.3 Å². The molecule has 0 aromatic heterocycles. The Morgan fingerprint density at radius 1 is 1.14 bits per heavy atom. The van der Waals surface area contributed by atoms with Crippen LogP contribution in [0.25, 0.3) is 6.08 Å². The van der Waals surface area contributed by atoms with E-state index in [9.17, 15) is 9.18 Å². The van der Waals surface area contributed by atoms with Crippen molar-refractivity contribution in [1.29, 1.82) is 0 Å². The SMILES string of the molecule is O=C(N/C=C/c1ccccc1Br)NCc1ccccc1F. The van der Waals surface area contributed by atoms with Crippen molar-refractivity contribution in [2.24, 2.45) is 0 Å². The topological polar surface area (TPSA) is 41.1 Å². The zero-order valence-electron chi connectivity index (χ0n) is 11.1. The predicted molar refractivity (Wildman–Crippen MR) is 84.9 cm³/mol. The van der Waals surface area contributed by atoms with Gasteiger partial charge in [0.25, 0.3) is 0 Å². The van der Waals surface area contributed by atoms with Gasteiger partial charge < -0.3 is 10.6 Å². The fourth-order valence-electron chi connectivity index (χ4n) is 1.69. The Kier molecular flexibility index (Phi) is 5.51. The first-order valence-electron chi connectivity index (χ1n) is 6.35. The molecule has 108 valence electrons. The third-order valence-electron chi connectivity index (χ3n) is 2.78. The lowest BCUT2D eigenvalue weighted by molar-refractivity contribution is 0.243. The van der Waals surface area contributed by atoms with Gasteiger partial charge in [0.05, 0.1) is 0 Å². The van der Waals surface area contributed by atoms with E-state index in [2.05, 4.69) is 26.6 Å². The maximum Gasteiger partial charge on any atom is 0.319 e. The number of hydrogen-bond acceptors (Lipinski definition) is 1. The quantitative estimate of drug-likeness (QED) is 0.859. The van der Waals surface area contributed by atoms with Crippen molar-refractivity contribution in [2.45, 2.75) is 6.54 Å². The first kappa shape index (κ1) is 15.3. The Balaban J connectivity index is 1.83. The van der Waals surface area contributed by atoms with Crippen molar-refractivity contribution in [1.82, 2.24) is 10.6 Å². The molecule has 2 N–H and O–H groups in total. The summed E-state index contributed by atoms with van der Waals surface area (Å²) < 4.78 is 14.3. The number of rotatable bonds is 4. The molecule has 0 radical (unpaired) electrons. The maximum atomic E-state index is 13.4. The molecule has 0 heterocycles. The molecule has 0 aliphatic heterocycles. The Labute approximate surface area is 131 Å². The van der Waals surface area contributed by atoms with E-state index in [0.717, 1.165) is 10.0 Å². The number of urea groups is 1. The van der Waals surface area contributed by atoms with Crippen molar-refractivity contribution in [3.05, 3.63) is 76.1 Å². The van der Waals surface area contributed by atoms with Gasteiger partial charge in [0.1, 0.15) is 5.82 Å². The van der Waals surface area contributed by atoms with Crippen LogP contribution < -0.4 is 10.6 Å². The molecule has 0 bridgehead atoms. The summed E-state index contributed by atoms with van der Waals surface area (Å²) in [5.41, 5.74) is 1.40. The highest BCUT2D eigenvalue weighted by Crippen LogP contribution is 2.16. The maximum absolute atomic E-state index is 13.4. The predicted octanol–water partition coefficient (Wildman–Crippen LogP) is 4.06. The van der Waals surface area contributed by atoms with Crippen LogP contribution in [0.1, 0.15) is 11.1 Å². The van der Waals surface area contributed by atoms with Gasteiger partial charge in [0, 0.05) is 22.8 Å². The van der Waals surface area contributed by atoms with Crippen LogP contribution in [0.4, 0.5) is 9.18 Å². The van der Waals surface area contributed by atoms with Gasteiger partial charge in [-0.3, -0.25) is 0 Å². The van der Waals surface area contributed by atoms with Crippen molar-refractivity contribution < 1.29 is 9.18 Å². The molecule has 0 spiro atoms. The molecule has 0 fully saturated rings. The molecule has 0 atom stereocenters. The summed E-state index contributed by atoms with van der Waals surface area (Å²) in [4.78, 5) is 11.6. The third-order valence-corrected chi connectivity index (χ3v) is 3.50. The minimum absolute atomic E-state index is 0.140. The molecule has 2 aromatic carbocycles. The van der Waals surface area contributed by atoms with Crippen LogP contribution in [-0.2, 0) is 6.54 Å². The second-order valence-corrected chi connectivity index (χ2v) is 5.13. The van der Waals surface area contributed by atoms with E-state index in [-0.39, 0.29) is 18.4 Å². The minimum Gasteiger partial charge on any atom is -0.334 e. The van der Waals surface area contributed by atoms with Crippen molar-refractivity contribution in [3.8, 4) is 0 Å². The van der Waals surface area contributed by atoms with Crippen molar-refractivity contribution in [3.63, 3.8) is 0 Å². The molecule has 0 saturated heterocycles. The number of hydrogen-bond donors (Lipinski definition) is 2. The average molecular weight is 349 g/mol. The van der Waals surface area contributed by atoms with Crippen molar-refractivity contribution in [2.75, 3.05) is 0 Å². The highest BCUT2D eigenvalue weighted by atomic mass is 79.9. The first-order chi connectivity index (χ1) is 10.2. The Hall–Kier alpha value is -2.14. The van der Waals surface area contributed by atoms with Gasteiger partial charge >= 0.3 is 6.03 Å². The summed E-state index contributed by atoms with van der Waals surface area (Å²) in [6, 6.07) is 13.6. The number of benzene rings is 2. The first-order valence-corrected chi connectivity index (χ1v) is 7.15. The lowest BCUT2D eigenvalue weighted by atomic mass is 10.2. The van der Waals surface area contributed by atoms with Crippen LogP contribution >= 0.6 is 15.9 Å². The van der Waals surface area contributed by atoms with E-state index in [4.69, 9.17) is 0 Å². The molecule has 0 saturated carbocycles. The number of carbonyl (C=O) groups is 1. The van der Waals surface area contributed by atoms with Crippen LogP contribution in [0, 0.1) is 5.82 Å². The van der Waals surface area contributed by atoms with E-state index in [0.29, 0.717) is 5.56 Å². The molecule has 0 unspecified atom stereocenters. The number of amides is 2. The van der Waals surface area contributed by atoms with E-state index in [1.165, 1.54) is 12.3 Å². The standard InChI is InChI=1S/C16H14BrFN2O/c17-14-7-3-1-5-12(14)9-10-19-16(21)20-11-13-6-2-4-8-15(13)18/h1-10H,11H2,(H2,19,20,21)/b10-9+. The zero-order chi connectivity index (χ0) is 15.1. The van der Waals surface area contributed by atoms with Gasteiger partial charge in [0.2, 0.25) is 0 Å². The Morgan fingerprint density at radius 3 is 2.62 bits per heavy atom. The normalized spacial score (nSPS) is 10.6.